The first-order valence-electron chi connectivity index (χ1n) is 8.46. The third-order valence-electron chi connectivity index (χ3n) is 5.23. The fourth-order valence-electron chi connectivity index (χ4n) is 3.91. The van der Waals surface area contributed by atoms with Crippen molar-refractivity contribution in [3.63, 3.8) is 0 Å². The fraction of sp³-hybridized carbons (Fsp3) is 0.556. The maximum absolute atomic E-state index is 11.9. The van der Waals surface area contributed by atoms with Crippen LogP contribution < -0.4 is 4.90 Å². The number of hydrogen-bond donors (Lipinski definition) is 1. The number of carbonyl (C=O) groups excluding carboxylic acids is 1. The van der Waals surface area contributed by atoms with Crippen LogP contribution in [0.5, 0.6) is 0 Å². The van der Waals surface area contributed by atoms with Gasteiger partial charge < -0.3 is 9.80 Å². The minimum atomic E-state index is -0.157. The summed E-state index contributed by atoms with van der Waals surface area (Å²) < 4.78 is 0. The molecule has 122 valence electrons. The molecule has 0 spiro atoms. The average molecular weight is 312 g/mol. The fourth-order valence-corrected chi connectivity index (χ4v) is 3.91. The molecule has 4 rings (SSSR count). The van der Waals surface area contributed by atoms with E-state index >= 15 is 0 Å². The van der Waals surface area contributed by atoms with E-state index in [1.54, 1.807) is 6.92 Å². The van der Waals surface area contributed by atoms with E-state index in [1.807, 2.05) is 11.1 Å². The minimum Gasteiger partial charge on any atom is -0.367 e. The summed E-state index contributed by atoms with van der Waals surface area (Å²) in [5, 5.41) is 8.55. The van der Waals surface area contributed by atoms with Gasteiger partial charge in [0.25, 0.3) is 0 Å². The first kappa shape index (κ1) is 14.5. The van der Waals surface area contributed by atoms with Crippen molar-refractivity contribution in [1.82, 2.24) is 15.1 Å². The molecule has 1 aliphatic heterocycles. The van der Waals surface area contributed by atoms with E-state index in [4.69, 9.17) is 0 Å². The first-order valence-corrected chi connectivity index (χ1v) is 8.46. The van der Waals surface area contributed by atoms with Crippen molar-refractivity contribution in [2.24, 2.45) is 0 Å². The van der Waals surface area contributed by atoms with E-state index in [1.165, 1.54) is 29.5 Å². The molecule has 5 nitrogen and oxygen atoms in total. The number of aromatic nitrogens is 2. The van der Waals surface area contributed by atoms with Crippen molar-refractivity contribution in [2.45, 2.75) is 45.1 Å². The quantitative estimate of drug-likeness (QED) is 0.927. The molecule has 1 aliphatic carbocycles. The van der Waals surface area contributed by atoms with Crippen LogP contribution in [0.25, 0.3) is 10.9 Å². The van der Waals surface area contributed by atoms with Gasteiger partial charge in [0.2, 0.25) is 5.91 Å². The Bertz CT molecular complexity index is 759. The van der Waals surface area contributed by atoms with Crippen molar-refractivity contribution in [1.29, 1.82) is 0 Å². The van der Waals surface area contributed by atoms with Gasteiger partial charge in [-0.25, -0.2) is 0 Å². The lowest BCUT2D eigenvalue weighted by atomic mass is 9.97. The lowest BCUT2D eigenvalue weighted by Crippen LogP contribution is -2.60. The summed E-state index contributed by atoms with van der Waals surface area (Å²) in [6.07, 6.45) is 4.51. The Labute approximate surface area is 136 Å². The Morgan fingerprint density at radius 2 is 2.09 bits per heavy atom. The van der Waals surface area contributed by atoms with Crippen molar-refractivity contribution >= 4 is 22.5 Å². The number of anilines is 1. The molecule has 2 aromatic rings. The number of nitrogens with zero attached hydrogens (tertiary/aromatic N) is 3. The van der Waals surface area contributed by atoms with Crippen LogP contribution in [0.15, 0.2) is 18.3 Å². The van der Waals surface area contributed by atoms with Crippen molar-refractivity contribution in [2.75, 3.05) is 24.5 Å². The second kappa shape index (κ2) is 4.98. The summed E-state index contributed by atoms with van der Waals surface area (Å²) in [4.78, 5) is 16.3. The number of piperazine rings is 1. The number of H-pyrrole nitrogens is 1. The zero-order valence-electron chi connectivity index (χ0n) is 14.1. The largest absolute Gasteiger partial charge is 0.367 e. The summed E-state index contributed by atoms with van der Waals surface area (Å²) in [6.45, 7) is 8.46. The van der Waals surface area contributed by atoms with Gasteiger partial charge in [-0.05, 0) is 50.3 Å². The topological polar surface area (TPSA) is 52.2 Å². The van der Waals surface area contributed by atoms with Crippen LogP contribution in [0.2, 0.25) is 0 Å². The smallest absolute Gasteiger partial charge is 0.220 e. The summed E-state index contributed by atoms with van der Waals surface area (Å²) in [6, 6.07) is 4.59. The lowest BCUT2D eigenvalue weighted by molar-refractivity contribution is -0.134. The minimum absolute atomic E-state index is 0.157. The zero-order valence-corrected chi connectivity index (χ0v) is 14.1. The second-order valence-electron chi connectivity index (χ2n) is 7.55. The molecule has 1 N–H and O–H groups in total. The van der Waals surface area contributed by atoms with Crippen LogP contribution >= 0.6 is 0 Å². The van der Waals surface area contributed by atoms with Gasteiger partial charge in [0.15, 0.2) is 0 Å². The molecule has 5 heteroatoms. The number of nitrogens with one attached hydrogen (secondary N) is 1. The maximum Gasteiger partial charge on any atom is 0.220 e. The van der Waals surface area contributed by atoms with Crippen molar-refractivity contribution in [3.8, 4) is 0 Å². The van der Waals surface area contributed by atoms with Gasteiger partial charge >= 0.3 is 0 Å². The molecule has 23 heavy (non-hydrogen) atoms. The normalized spacial score (nSPS) is 21.0. The summed E-state index contributed by atoms with van der Waals surface area (Å²) >= 11 is 0. The van der Waals surface area contributed by atoms with Crippen molar-refractivity contribution < 1.29 is 4.79 Å². The summed E-state index contributed by atoms with van der Waals surface area (Å²) in [5.41, 5.74) is 3.64. The third kappa shape index (κ3) is 2.48. The molecule has 2 fully saturated rings. The molecule has 0 bridgehead atoms. The average Bonchev–Trinajstić information content (AvgIpc) is 3.22. The lowest BCUT2D eigenvalue weighted by Gasteiger charge is -2.47. The maximum atomic E-state index is 11.9. The number of hydrogen-bond acceptors (Lipinski definition) is 3. The predicted octanol–water partition coefficient (Wildman–Crippen LogP) is 2.89. The highest BCUT2D eigenvalue weighted by atomic mass is 16.2. The Kier molecular flexibility index (Phi) is 3.15. The molecular weight excluding hydrogens is 288 g/mol. The Morgan fingerprint density at radius 1 is 1.30 bits per heavy atom. The van der Waals surface area contributed by atoms with E-state index in [2.05, 4.69) is 41.1 Å². The number of amides is 1. The highest BCUT2D eigenvalue weighted by Crippen LogP contribution is 2.43. The Morgan fingerprint density at radius 3 is 2.74 bits per heavy atom. The molecule has 0 atom stereocenters. The summed E-state index contributed by atoms with van der Waals surface area (Å²) in [5.74, 6) is 0.878. The van der Waals surface area contributed by atoms with E-state index in [9.17, 15) is 4.79 Å². The molecule has 1 aromatic heterocycles. The highest BCUT2D eigenvalue weighted by molar-refractivity contribution is 5.92. The molecule has 2 aliphatic rings. The van der Waals surface area contributed by atoms with E-state index in [-0.39, 0.29) is 11.4 Å². The number of rotatable bonds is 2. The van der Waals surface area contributed by atoms with Gasteiger partial charge in [-0.3, -0.25) is 9.89 Å². The van der Waals surface area contributed by atoms with Gasteiger partial charge in [0.05, 0.1) is 17.3 Å². The van der Waals surface area contributed by atoms with Gasteiger partial charge in [0, 0.05) is 37.6 Å². The number of benzene rings is 1. The standard InChI is InChI=1S/C18H24N4O/c1-12(23)22-7-6-21(11-18(22,2)3)17-9-14(13-4-5-13)8-16-15(17)10-19-20-16/h8-10,13H,4-7,11H2,1-3H3,(H,19,20). The molecule has 0 unspecified atom stereocenters. The van der Waals surface area contributed by atoms with Crippen molar-refractivity contribution in [3.05, 3.63) is 23.9 Å². The number of fused-ring (bicyclic) bond motifs is 1. The Balaban J connectivity index is 1.72. The van der Waals surface area contributed by atoms with Gasteiger partial charge in [0.1, 0.15) is 0 Å². The van der Waals surface area contributed by atoms with Gasteiger partial charge in [-0.15, -0.1) is 0 Å². The number of carbonyl (C=O) groups is 1. The second-order valence-corrected chi connectivity index (χ2v) is 7.55. The molecule has 1 saturated heterocycles. The van der Waals surface area contributed by atoms with Crippen LogP contribution in [-0.4, -0.2) is 46.2 Å². The highest BCUT2D eigenvalue weighted by Gasteiger charge is 2.36. The SMILES string of the molecule is CC(=O)N1CCN(c2cc(C3CC3)cc3[nH]ncc23)CC1(C)C. The van der Waals surface area contributed by atoms with Gasteiger partial charge in [-0.2, -0.15) is 5.10 Å². The Hall–Kier alpha value is -2.04. The van der Waals surface area contributed by atoms with Crippen LogP contribution in [0.1, 0.15) is 45.1 Å². The predicted molar refractivity (Wildman–Crippen MR) is 91.7 cm³/mol. The van der Waals surface area contributed by atoms with Crippen LogP contribution in [0, 0.1) is 0 Å². The zero-order chi connectivity index (χ0) is 16.2. The monoisotopic (exact) mass is 312 g/mol. The molecule has 1 saturated carbocycles. The van der Waals surface area contributed by atoms with Crippen LogP contribution in [-0.2, 0) is 4.79 Å². The van der Waals surface area contributed by atoms with Crippen LogP contribution in [0.3, 0.4) is 0 Å². The van der Waals surface area contributed by atoms with Crippen LogP contribution in [0.4, 0.5) is 5.69 Å². The first-order chi connectivity index (χ1) is 11.0. The van der Waals surface area contributed by atoms with Gasteiger partial charge in [-0.1, -0.05) is 0 Å². The molecule has 1 aromatic carbocycles. The molecule has 0 radical (unpaired) electrons. The number of aromatic amines is 1. The third-order valence-corrected chi connectivity index (χ3v) is 5.23. The van der Waals surface area contributed by atoms with E-state index in [0.717, 1.165) is 25.2 Å². The van der Waals surface area contributed by atoms with E-state index < -0.39 is 0 Å². The molecule has 1 amide bonds. The molecule has 2 heterocycles. The van der Waals surface area contributed by atoms with E-state index in [0.29, 0.717) is 5.92 Å². The molecular formula is C18H24N4O. The summed E-state index contributed by atoms with van der Waals surface area (Å²) in [7, 11) is 0.